The fourth-order valence-corrected chi connectivity index (χ4v) is 5.28. The highest BCUT2D eigenvalue weighted by Gasteiger charge is 2.20. The van der Waals surface area contributed by atoms with Crippen molar-refractivity contribution < 1.29 is 0 Å². The number of nitrogens with one attached hydrogen (secondary N) is 1. The minimum Gasteiger partial charge on any atom is -0.311 e. The summed E-state index contributed by atoms with van der Waals surface area (Å²) in [5, 5.41) is 3.35. The van der Waals surface area contributed by atoms with Crippen LogP contribution in [0.3, 0.4) is 0 Å². The Hall–Kier alpha value is -3.20. The summed E-state index contributed by atoms with van der Waals surface area (Å²) in [6.07, 6.45) is 19.1. The number of benzene rings is 2. The highest BCUT2D eigenvalue weighted by molar-refractivity contribution is 5.77. The highest BCUT2D eigenvalue weighted by Crippen LogP contribution is 2.37. The Balaban J connectivity index is 0.000000919. The van der Waals surface area contributed by atoms with Crippen LogP contribution in [0.4, 0.5) is 0 Å². The lowest BCUT2D eigenvalue weighted by atomic mass is 9.79. The predicted molar refractivity (Wildman–Crippen MR) is 210 cm³/mol. The number of aryl methyl sites for hydroxylation is 3. The van der Waals surface area contributed by atoms with Gasteiger partial charge in [0, 0.05) is 26.5 Å². The van der Waals surface area contributed by atoms with Crippen LogP contribution in [0, 0.1) is 18.8 Å². The van der Waals surface area contributed by atoms with E-state index in [1.165, 1.54) is 85.6 Å². The Morgan fingerprint density at radius 3 is 1.78 bits per heavy atom. The van der Waals surface area contributed by atoms with E-state index < -0.39 is 0 Å². The zero-order valence-corrected chi connectivity index (χ0v) is 31.1. The first-order chi connectivity index (χ1) is 22.2. The number of hydrogen-bond donors (Lipinski definition) is 1. The lowest BCUT2D eigenvalue weighted by molar-refractivity contribution is 0.395. The first kappa shape index (κ1) is 42.8. The molecule has 0 unspecified atom stereocenters. The smallest absolute Gasteiger partial charge is 0.0301 e. The van der Waals surface area contributed by atoms with Crippen LogP contribution in [0.15, 0.2) is 89.0 Å². The molecule has 0 aliphatic heterocycles. The predicted octanol–water partition coefficient (Wildman–Crippen LogP) is 12.4. The topological polar surface area (TPSA) is 36.8 Å². The van der Waals surface area contributed by atoms with Crippen LogP contribution in [-0.4, -0.2) is 26.5 Å². The van der Waals surface area contributed by atoms with Crippen molar-refractivity contribution in [2.75, 3.05) is 13.6 Å². The molecule has 1 saturated carbocycles. The third kappa shape index (κ3) is 19.3. The molecule has 0 radical (unpaired) electrons. The van der Waals surface area contributed by atoms with E-state index in [0.29, 0.717) is 0 Å². The van der Waals surface area contributed by atoms with Gasteiger partial charge in [-0.25, -0.2) is 0 Å². The molecule has 256 valence electrons. The van der Waals surface area contributed by atoms with Crippen LogP contribution in [0.5, 0.6) is 0 Å². The molecule has 3 rings (SSSR count). The Morgan fingerprint density at radius 1 is 0.891 bits per heavy atom. The van der Waals surface area contributed by atoms with Gasteiger partial charge in [-0.3, -0.25) is 4.99 Å². The average Bonchev–Trinajstić information content (AvgIpc) is 3.09. The van der Waals surface area contributed by atoms with Gasteiger partial charge in [-0.2, -0.15) is 5.10 Å². The van der Waals surface area contributed by atoms with Crippen LogP contribution in [-0.2, 0) is 12.8 Å². The summed E-state index contributed by atoms with van der Waals surface area (Å²) >= 11 is 0. The van der Waals surface area contributed by atoms with Gasteiger partial charge in [0.05, 0.1) is 0 Å². The number of allylic oxidation sites excluding steroid dienone is 4. The zero-order chi connectivity index (χ0) is 34.6. The number of aliphatic imine (C=N–C) groups is 1. The summed E-state index contributed by atoms with van der Waals surface area (Å²) in [6, 6.07) is 18.2. The van der Waals surface area contributed by atoms with E-state index >= 15 is 0 Å². The molecule has 1 N–H and O–H groups in total. The number of hydrogen-bond acceptors (Lipinski definition) is 3. The van der Waals surface area contributed by atoms with Gasteiger partial charge in [0.1, 0.15) is 0 Å². The molecular weight excluding hydrogens is 558 g/mol. The maximum absolute atomic E-state index is 4.18. The standard InChI is InChI=1S/C28H36.C6H11N.C6H14.C3H8N2/c1-4-9-28(25-10-7-6-8-11-25)27(5-2)26-20-18-24(19-21-26)17-16-23-14-12-22(3)13-15-23;1-4-6(2)5-7-3;1-4-6(3)5-2;1-3-5-4-2/h5,12-15,18-21,25H,2,4,6-11,16-17H2,1,3H3;5H,2,4H2,1,3H3;6H,4-5H2,1-3H3;5H,2-3H2,1H3/b28-27-;;;. The Labute approximate surface area is 285 Å². The maximum Gasteiger partial charge on any atom is 0.0301 e. The van der Waals surface area contributed by atoms with Gasteiger partial charge in [0.25, 0.3) is 0 Å². The minimum absolute atomic E-state index is 0.767. The summed E-state index contributed by atoms with van der Waals surface area (Å²) < 4.78 is 0. The van der Waals surface area contributed by atoms with Gasteiger partial charge in [0.15, 0.2) is 0 Å². The van der Waals surface area contributed by atoms with Crippen molar-refractivity contribution in [2.45, 2.75) is 126 Å². The lowest BCUT2D eigenvalue weighted by Crippen LogP contribution is -2.11. The summed E-state index contributed by atoms with van der Waals surface area (Å²) in [5.74, 6) is 1.70. The van der Waals surface area contributed by atoms with Crippen molar-refractivity contribution in [1.29, 1.82) is 0 Å². The summed E-state index contributed by atoms with van der Waals surface area (Å²) in [4.78, 5) is 3.78. The molecule has 0 bridgehead atoms. The molecule has 0 saturated heterocycles. The summed E-state index contributed by atoms with van der Waals surface area (Å²) in [6.45, 7) is 27.2. The van der Waals surface area contributed by atoms with Crippen LogP contribution in [0.25, 0.3) is 5.57 Å². The first-order valence-electron chi connectivity index (χ1n) is 18.0. The van der Waals surface area contributed by atoms with Crippen LogP contribution < -0.4 is 5.43 Å². The molecule has 0 amide bonds. The van der Waals surface area contributed by atoms with Crippen molar-refractivity contribution in [3.05, 3.63) is 101 Å². The van der Waals surface area contributed by atoms with Gasteiger partial charge < -0.3 is 5.43 Å². The van der Waals surface area contributed by atoms with Gasteiger partial charge in [-0.05, 0) is 92.0 Å². The van der Waals surface area contributed by atoms with Gasteiger partial charge in [-0.1, -0.05) is 152 Å². The second kappa shape index (κ2) is 28.1. The lowest BCUT2D eigenvalue weighted by Gasteiger charge is -2.27. The SMILES string of the molecule is C=C(C=NC)CC.C=C/C(=C(\CCC)C1CCCCC1)c1ccc(CCc2ccc(C)cc2)cc1.C=NNCC.CCC(C)CC. The fourth-order valence-electron chi connectivity index (χ4n) is 5.28. The monoisotopic (exact) mass is 628 g/mol. The van der Waals surface area contributed by atoms with Crippen molar-refractivity contribution >= 4 is 18.5 Å². The van der Waals surface area contributed by atoms with E-state index in [1.807, 2.05) is 6.92 Å². The van der Waals surface area contributed by atoms with Crippen molar-refractivity contribution in [3.63, 3.8) is 0 Å². The number of nitrogens with zero attached hydrogens (tertiary/aromatic N) is 2. The minimum atomic E-state index is 0.767. The molecule has 0 heterocycles. The highest BCUT2D eigenvalue weighted by atomic mass is 15.3. The maximum atomic E-state index is 4.18. The second-order valence-corrected chi connectivity index (χ2v) is 12.4. The third-order valence-electron chi connectivity index (χ3n) is 8.68. The fraction of sp³-hybridized carbons (Fsp3) is 0.535. The van der Waals surface area contributed by atoms with E-state index in [1.54, 1.807) is 18.8 Å². The van der Waals surface area contributed by atoms with E-state index in [2.05, 4.69) is 132 Å². The van der Waals surface area contributed by atoms with E-state index in [-0.39, 0.29) is 0 Å². The molecule has 3 heteroatoms. The average molecular weight is 628 g/mol. The van der Waals surface area contributed by atoms with E-state index in [4.69, 9.17) is 0 Å². The Kier molecular flexibility index (Phi) is 26.1. The molecule has 2 aromatic rings. The molecule has 0 aromatic heterocycles. The van der Waals surface area contributed by atoms with Crippen molar-refractivity contribution in [3.8, 4) is 0 Å². The van der Waals surface area contributed by atoms with Crippen LogP contribution in [0.2, 0.25) is 0 Å². The van der Waals surface area contributed by atoms with Crippen molar-refractivity contribution in [2.24, 2.45) is 21.9 Å². The van der Waals surface area contributed by atoms with Gasteiger partial charge >= 0.3 is 0 Å². The molecular formula is C43H69N3. The quantitative estimate of drug-likeness (QED) is 0.126. The van der Waals surface area contributed by atoms with Crippen molar-refractivity contribution in [1.82, 2.24) is 5.43 Å². The summed E-state index contributed by atoms with van der Waals surface area (Å²) in [5.41, 5.74) is 12.3. The largest absolute Gasteiger partial charge is 0.311 e. The second-order valence-electron chi connectivity index (χ2n) is 12.4. The number of hydrazone groups is 1. The molecule has 2 aromatic carbocycles. The molecule has 1 fully saturated rings. The van der Waals surface area contributed by atoms with Gasteiger partial charge in [-0.15, -0.1) is 0 Å². The molecule has 1 aliphatic carbocycles. The normalized spacial score (nSPS) is 13.2. The molecule has 3 nitrogen and oxygen atoms in total. The Morgan fingerprint density at radius 2 is 1.43 bits per heavy atom. The molecule has 1 aliphatic rings. The zero-order valence-electron chi connectivity index (χ0n) is 31.1. The molecule has 0 atom stereocenters. The number of rotatable bonds is 14. The van der Waals surface area contributed by atoms with Gasteiger partial charge in [0.2, 0.25) is 0 Å². The third-order valence-corrected chi connectivity index (χ3v) is 8.68. The van der Waals surface area contributed by atoms with E-state index in [9.17, 15) is 0 Å². The summed E-state index contributed by atoms with van der Waals surface area (Å²) in [7, 11) is 1.75. The molecule has 46 heavy (non-hydrogen) atoms. The first-order valence-corrected chi connectivity index (χ1v) is 18.0. The van der Waals surface area contributed by atoms with Crippen LogP contribution >= 0.6 is 0 Å². The van der Waals surface area contributed by atoms with E-state index in [0.717, 1.165) is 43.2 Å². The van der Waals surface area contributed by atoms with Crippen LogP contribution in [0.1, 0.15) is 128 Å². The molecule has 0 spiro atoms. The Bertz CT molecular complexity index is 1110.